The van der Waals surface area contributed by atoms with E-state index in [9.17, 15) is 9.18 Å². The zero-order valence-corrected chi connectivity index (χ0v) is 15.1. The van der Waals surface area contributed by atoms with Crippen molar-refractivity contribution < 1.29 is 13.6 Å². The lowest BCUT2D eigenvalue weighted by molar-refractivity contribution is 0.102. The Labute approximate surface area is 158 Å². The van der Waals surface area contributed by atoms with Crippen LogP contribution in [-0.2, 0) is 0 Å². The normalized spacial score (nSPS) is 10.7. The highest BCUT2D eigenvalue weighted by molar-refractivity contribution is 7.15. The number of aromatic nitrogens is 2. The number of benzene rings is 2. The lowest BCUT2D eigenvalue weighted by Crippen LogP contribution is -2.12. The molecule has 7 heteroatoms. The number of nitrogens with zero attached hydrogens (tertiary/aromatic N) is 2. The first-order valence-electron chi connectivity index (χ1n) is 8.16. The maximum absolute atomic E-state index is 14.0. The topological polar surface area (TPSA) is 68.0 Å². The Morgan fingerprint density at radius 3 is 2.52 bits per heavy atom. The van der Waals surface area contributed by atoms with Gasteiger partial charge in [-0.15, -0.1) is 11.3 Å². The molecular weight excluding hydrogens is 365 g/mol. The van der Waals surface area contributed by atoms with Crippen LogP contribution in [0.3, 0.4) is 0 Å². The summed E-state index contributed by atoms with van der Waals surface area (Å²) in [5, 5.41) is 3.30. The van der Waals surface area contributed by atoms with Crippen molar-refractivity contribution in [3.05, 3.63) is 77.2 Å². The molecule has 5 nitrogen and oxygen atoms in total. The van der Waals surface area contributed by atoms with Crippen molar-refractivity contribution in [2.24, 2.45) is 0 Å². The van der Waals surface area contributed by atoms with Gasteiger partial charge in [0.15, 0.2) is 10.9 Å². The molecule has 0 aliphatic heterocycles. The number of oxazole rings is 1. The Kier molecular flexibility index (Phi) is 4.52. The van der Waals surface area contributed by atoms with Crippen molar-refractivity contribution >= 4 is 22.4 Å². The molecular formula is C20H14FN3O2S. The molecule has 1 amide bonds. The monoisotopic (exact) mass is 379 g/mol. The summed E-state index contributed by atoms with van der Waals surface area (Å²) in [7, 11) is 0. The van der Waals surface area contributed by atoms with Crippen LogP contribution in [0.5, 0.6) is 0 Å². The minimum atomic E-state index is -0.398. The van der Waals surface area contributed by atoms with Crippen LogP contribution < -0.4 is 5.32 Å². The van der Waals surface area contributed by atoms with Crippen molar-refractivity contribution in [1.82, 2.24) is 9.97 Å². The van der Waals surface area contributed by atoms with Gasteiger partial charge in [-0.2, -0.15) is 0 Å². The molecule has 0 unspecified atom stereocenters. The van der Waals surface area contributed by atoms with E-state index in [0.29, 0.717) is 27.6 Å². The average Bonchev–Trinajstić information content (AvgIpc) is 3.31. The van der Waals surface area contributed by atoms with Crippen LogP contribution in [0.15, 0.2) is 65.3 Å². The molecule has 0 bridgehead atoms. The summed E-state index contributed by atoms with van der Waals surface area (Å²) in [6, 6.07) is 13.3. The van der Waals surface area contributed by atoms with Gasteiger partial charge in [0.25, 0.3) is 5.91 Å². The molecule has 0 atom stereocenters. The third-order valence-corrected chi connectivity index (χ3v) is 4.72. The van der Waals surface area contributed by atoms with Crippen molar-refractivity contribution in [3.63, 3.8) is 0 Å². The zero-order valence-electron chi connectivity index (χ0n) is 14.3. The predicted molar refractivity (Wildman–Crippen MR) is 102 cm³/mol. The molecule has 1 N–H and O–H groups in total. The molecule has 0 aliphatic rings. The van der Waals surface area contributed by atoms with Gasteiger partial charge in [0, 0.05) is 16.6 Å². The van der Waals surface area contributed by atoms with Crippen LogP contribution in [0.4, 0.5) is 9.52 Å². The highest BCUT2D eigenvalue weighted by Crippen LogP contribution is 2.30. The number of rotatable bonds is 4. The number of nitrogens with one attached hydrogen (secondary N) is 1. The fraction of sp³-hybridized carbons (Fsp3) is 0.0500. The third kappa shape index (κ3) is 3.50. The van der Waals surface area contributed by atoms with Crippen molar-refractivity contribution in [1.29, 1.82) is 0 Å². The molecule has 134 valence electrons. The first-order valence-corrected chi connectivity index (χ1v) is 8.97. The Hall–Kier alpha value is -3.32. The van der Waals surface area contributed by atoms with Crippen LogP contribution in [0.2, 0.25) is 0 Å². The third-order valence-electron chi connectivity index (χ3n) is 3.89. The Balaban J connectivity index is 1.67. The van der Waals surface area contributed by atoms with Gasteiger partial charge >= 0.3 is 0 Å². The quantitative estimate of drug-likeness (QED) is 0.531. The van der Waals surface area contributed by atoms with E-state index in [1.807, 2.05) is 6.92 Å². The van der Waals surface area contributed by atoms with Crippen LogP contribution in [0.25, 0.3) is 22.8 Å². The van der Waals surface area contributed by atoms with Gasteiger partial charge < -0.3 is 4.42 Å². The van der Waals surface area contributed by atoms with Crippen molar-refractivity contribution in [2.45, 2.75) is 6.92 Å². The lowest BCUT2D eigenvalue weighted by Gasteiger charge is -2.06. The Bertz CT molecular complexity index is 1120. The number of hydrogen-bond acceptors (Lipinski definition) is 5. The highest BCUT2D eigenvalue weighted by Gasteiger charge is 2.18. The van der Waals surface area contributed by atoms with E-state index in [0.717, 1.165) is 4.88 Å². The van der Waals surface area contributed by atoms with E-state index in [1.54, 1.807) is 48.7 Å². The summed E-state index contributed by atoms with van der Waals surface area (Å²) in [6.07, 6.45) is 3.15. The van der Waals surface area contributed by atoms with E-state index >= 15 is 0 Å². The number of hydrogen-bond donors (Lipinski definition) is 1. The summed E-state index contributed by atoms with van der Waals surface area (Å²) < 4.78 is 19.7. The van der Waals surface area contributed by atoms with E-state index < -0.39 is 5.82 Å². The Morgan fingerprint density at radius 1 is 1.04 bits per heavy atom. The number of aryl methyl sites for hydroxylation is 1. The number of carbonyl (C=O) groups excluding carboxylic acids is 1. The number of carbonyl (C=O) groups is 1. The first-order chi connectivity index (χ1) is 13.1. The summed E-state index contributed by atoms with van der Waals surface area (Å²) in [6.45, 7) is 1.91. The summed E-state index contributed by atoms with van der Waals surface area (Å²) in [5.74, 6) is -0.167. The lowest BCUT2D eigenvalue weighted by atomic mass is 10.1. The summed E-state index contributed by atoms with van der Waals surface area (Å²) in [5.41, 5.74) is 1.23. The number of anilines is 1. The Morgan fingerprint density at radius 2 is 1.78 bits per heavy atom. The van der Waals surface area contributed by atoms with Crippen molar-refractivity contribution in [3.8, 4) is 22.8 Å². The van der Waals surface area contributed by atoms with Crippen LogP contribution >= 0.6 is 11.3 Å². The average molecular weight is 379 g/mol. The number of halogens is 1. The van der Waals surface area contributed by atoms with E-state index in [1.165, 1.54) is 23.6 Å². The van der Waals surface area contributed by atoms with Gasteiger partial charge in [0.05, 0.1) is 17.3 Å². The molecule has 0 spiro atoms. The summed E-state index contributed by atoms with van der Waals surface area (Å²) >= 11 is 1.39. The second kappa shape index (κ2) is 7.13. The summed E-state index contributed by atoms with van der Waals surface area (Å²) in [4.78, 5) is 22.1. The predicted octanol–water partition coefficient (Wildman–Crippen LogP) is 5.16. The molecule has 0 saturated heterocycles. The van der Waals surface area contributed by atoms with Crippen LogP contribution in [0.1, 0.15) is 15.2 Å². The molecule has 0 fully saturated rings. The minimum absolute atomic E-state index is 0.245. The van der Waals surface area contributed by atoms with Gasteiger partial charge in [-0.25, -0.2) is 14.4 Å². The van der Waals surface area contributed by atoms with Crippen LogP contribution in [-0.4, -0.2) is 15.9 Å². The molecule has 2 aromatic heterocycles. The molecule has 4 aromatic rings. The van der Waals surface area contributed by atoms with Gasteiger partial charge in [0.2, 0.25) is 5.89 Å². The zero-order chi connectivity index (χ0) is 18.8. The molecule has 2 heterocycles. The standard InChI is InChI=1S/C20H14FN3O2S/c1-12-10-23-20(27-12)24-18(25)13-6-2-3-7-14(13)19-22-11-17(26-19)15-8-4-5-9-16(15)21/h2-11H,1H3,(H,23,24,25). The second-order valence-corrected chi connectivity index (χ2v) is 7.02. The molecule has 0 radical (unpaired) electrons. The van der Waals surface area contributed by atoms with Gasteiger partial charge in [-0.1, -0.05) is 24.3 Å². The fourth-order valence-corrected chi connectivity index (χ4v) is 3.29. The maximum atomic E-state index is 14.0. The van der Waals surface area contributed by atoms with E-state index in [4.69, 9.17) is 4.42 Å². The maximum Gasteiger partial charge on any atom is 0.258 e. The van der Waals surface area contributed by atoms with Crippen molar-refractivity contribution in [2.75, 3.05) is 5.32 Å². The molecule has 2 aromatic carbocycles. The largest absolute Gasteiger partial charge is 0.436 e. The molecule has 27 heavy (non-hydrogen) atoms. The SMILES string of the molecule is Cc1cnc(NC(=O)c2ccccc2-c2ncc(-c3ccccc3F)o2)s1. The fourth-order valence-electron chi connectivity index (χ4n) is 2.63. The molecule has 0 saturated carbocycles. The van der Waals surface area contributed by atoms with Crippen LogP contribution in [0, 0.1) is 12.7 Å². The minimum Gasteiger partial charge on any atom is -0.436 e. The molecule has 0 aliphatic carbocycles. The number of thiazole rings is 1. The molecule has 4 rings (SSSR count). The van der Waals surface area contributed by atoms with Gasteiger partial charge in [0.1, 0.15) is 5.82 Å². The first kappa shape index (κ1) is 17.1. The number of amides is 1. The van der Waals surface area contributed by atoms with Gasteiger partial charge in [-0.3, -0.25) is 10.1 Å². The highest BCUT2D eigenvalue weighted by atomic mass is 32.1. The van der Waals surface area contributed by atoms with E-state index in [-0.39, 0.29) is 11.8 Å². The van der Waals surface area contributed by atoms with E-state index in [2.05, 4.69) is 15.3 Å². The second-order valence-electron chi connectivity index (χ2n) is 5.79. The smallest absolute Gasteiger partial charge is 0.258 e. The van der Waals surface area contributed by atoms with Gasteiger partial charge in [-0.05, 0) is 31.2 Å².